The van der Waals surface area contributed by atoms with Crippen LogP contribution in [0.2, 0.25) is 0 Å². The molecule has 0 fully saturated rings. The lowest BCUT2D eigenvalue weighted by atomic mass is 9.91. The highest BCUT2D eigenvalue weighted by Gasteiger charge is 2.31. The van der Waals surface area contributed by atoms with Gasteiger partial charge in [-0.25, -0.2) is 9.17 Å². The lowest BCUT2D eigenvalue weighted by Gasteiger charge is -2.33. The molecule has 2 aromatic rings. The van der Waals surface area contributed by atoms with Crippen molar-refractivity contribution in [3.05, 3.63) is 47.0 Å². The van der Waals surface area contributed by atoms with Gasteiger partial charge in [-0.3, -0.25) is 0 Å². The van der Waals surface area contributed by atoms with Gasteiger partial charge >= 0.3 is 6.03 Å². The number of rotatable bonds is 4. The van der Waals surface area contributed by atoms with Crippen LogP contribution < -0.4 is 15.4 Å². The van der Waals surface area contributed by atoms with E-state index in [-0.39, 0.29) is 30.6 Å². The fourth-order valence-electron chi connectivity index (χ4n) is 2.67. The molecule has 0 radical (unpaired) electrons. The zero-order valence-electron chi connectivity index (χ0n) is 12.7. The van der Waals surface area contributed by atoms with Crippen molar-refractivity contribution in [1.82, 2.24) is 15.0 Å². The third-order valence-corrected chi connectivity index (χ3v) is 4.86. The van der Waals surface area contributed by atoms with E-state index in [2.05, 4.69) is 15.0 Å². The largest absolute Gasteiger partial charge is 0.493 e. The Hall–Kier alpha value is -2.12. The van der Waals surface area contributed by atoms with E-state index in [1.807, 2.05) is 37.3 Å². The summed E-state index contributed by atoms with van der Waals surface area (Å²) < 4.78 is 9.68. The molecular weight excluding hydrogens is 314 g/mol. The van der Waals surface area contributed by atoms with E-state index >= 15 is 0 Å². The first-order chi connectivity index (χ1) is 11.2. The molecular formula is C16H19N3O3S. The lowest BCUT2D eigenvalue weighted by molar-refractivity contribution is 0.113. The summed E-state index contributed by atoms with van der Waals surface area (Å²) in [6.07, 6.45) is 1.71. The third kappa shape index (κ3) is 3.46. The number of hydrogen-bond acceptors (Lipinski definition) is 5. The molecule has 0 spiro atoms. The molecule has 3 N–H and O–H groups in total. The second kappa shape index (κ2) is 6.97. The van der Waals surface area contributed by atoms with Gasteiger partial charge in [-0.2, -0.15) is 0 Å². The minimum atomic E-state index is -0.279. The topological polar surface area (TPSA) is 83.5 Å². The Morgan fingerprint density at radius 3 is 3.04 bits per heavy atom. The van der Waals surface area contributed by atoms with Crippen LogP contribution in [0.15, 0.2) is 36.5 Å². The van der Waals surface area contributed by atoms with Crippen LogP contribution in [-0.2, 0) is 0 Å². The highest BCUT2D eigenvalue weighted by Crippen LogP contribution is 2.35. The third-order valence-electron chi connectivity index (χ3n) is 3.93. The van der Waals surface area contributed by atoms with Crippen LogP contribution in [0.3, 0.4) is 0 Å². The zero-order chi connectivity index (χ0) is 16.2. The fourth-order valence-corrected chi connectivity index (χ4v) is 3.25. The Bertz CT molecular complexity index is 662. The van der Waals surface area contributed by atoms with Gasteiger partial charge in [-0.15, -0.1) is 0 Å². The SMILES string of the molecule is CC(NC(=O)N[C@H]1c2ccccc2OC[C@H]1CO)c1ccns1. The Morgan fingerprint density at radius 2 is 2.30 bits per heavy atom. The highest BCUT2D eigenvalue weighted by atomic mass is 32.1. The average Bonchev–Trinajstić information content (AvgIpc) is 3.09. The van der Waals surface area contributed by atoms with Gasteiger partial charge in [0.25, 0.3) is 0 Å². The lowest BCUT2D eigenvalue weighted by Crippen LogP contribution is -2.45. The number of nitrogens with one attached hydrogen (secondary N) is 2. The molecule has 1 aromatic heterocycles. The summed E-state index contributed by atoms with van der Waals surface area (Å²) in [7, 11) is 0. The first-order valence-electron chi connectivity index (χ1n) is 7.49. The van der Waals surface area contributed by atoms with Crippen molar-refractivity contribution < 1.29 is 14.6 Å². The number of nitrogens with zero attached hydrogens (tertiary/aromatic N) is 1. The van der Waals surface area contributed by atoms with Gasteiger partial charge in [-0.05, 0) is 30.6 Å². The number of urea groups is 1. The summed E-state index contributed by atoms with van der Waals surface area (Å²) in [6.45, 7) is 2.24. The second-order valence-corrected chi connectivity index (χ2v) is 6.39. The summed E-state index contributed by atoms with van der Waals surface area (Å²) in [5.74, 6) is 0.576. The molecule has 1 unspecified atom stereocenters. The van der Waals surface area contributed by atoms with Gasteiger partial charge in [0.05, 0.1) is 25.3 Å². The number of hydrogen-bond donors (Lipinski definition) is 3. The van der Waals surface area contributed by atoms with E-state index in [1.54, 1.807) is 6.20 Å². The molecule has 3 rings (SSSR count). The van der Waals surface area contributed by atoms with Gasteiger partial charge in [0.15, 0.2) is 0 Å². The number of aliphatic hydroxyl groups excluding tert-OH is 1. The molecule has 2 amide bonds. The van der Waals surface area contributed by atoms with Crippen molar-refractivity contribution in [3.8, 4) is 5.75 Å². The summed E-state index contributed by atoms with van der Waals surface area (Å²) in [4.78, 5) is 13.3. The number of aliphatic hydroxyl groups is 1. The quantitative estimate of drug-likeness (QED) is 0.801. The molecule has 0 saturated heterocycles. The number of carbonyl (C=O) groups is 1. The molecule has 7 heteroatoms. The molecule has 2 heterocycles. The van der Waals surface area contributed by atoms with E-state index < -0.39 is 0 Å². The molecule has 3 atom stereocenters. The molecule has 1 aromatic carbocycles. The van der Waals surface area contributed by atoms with Gasteiger partial charge in [0, 0.05) is 22.6 Å². The number of amides is 2. The van der Waals surface area contributed by atoms with E-state index in [9.17, 15) is 9.90 Å². The standard InChI is InChI=1S/C16H19N3O3S/c1-10(14-6-7-17-23-14)18-16(21)19-15-11(8-20)9-22-13-5-3-2-4-12(13)15/h2-7,10-11,15,20H,8-9H2,1H3,(H2,18,19,21)/t10?,11-,15-/m1/s1. The van der Waals surface area contributed by atoms with E-state index in [0.717, 1.165) is 16.2 Å². The molecule has 1 aliphatic rings. The summed E-state index contributed by atoms with van der Waals surface area (Å²) >= 11 is 1.36. The average molecular weight is 333 g/mol. The van der Waals surface area contributed by atoms with E-state index in [4.69, 9.17) is 4.74 Å². The highest BCUT2D eigenvalue weighted by molar-refractivity contribution is 7.05. The maximum absolute atomic E-state index is 12.3. The number of para-hydroxylation sites is 1. The maximum Gasteiger partial charge on any atom is 0.315 e. The van der Waals surface area contributed by atoms with Crippen molar-refractivity contribution in [3.63, 3.8) is 0 Å². The summed E-state index contributed by atoms with van der Waals surface area (Å²) in [5, 5.41) is 15.4. The van der Waals surface area contributed by atoms with Gasteiger partial charge in [0.2, 0.25) is 0 Å². The Kier molecular flexibility index (Phi) is 4.78. The van der Waals surface area contributed by atoms with E-state index in [1.165, 1.54) is 11.5 Å². The smallest absolute Gasteiger partial charge is 0.315 e. The van der Waals surface area contributed by atoms with Crippen LogP contribution in [0.1, 0.15) is 29.4 Å². The fraction of sp³-hybridized carbons (Fsp3) is 0.375. The van der Waals surface area contributed by atoms with Crippen molar-refractivity contribution in [1.29, 1.82) is 0 Å². The number of benzene rings is 1. The first kappa shape index (κ1) is 15.8. The molecule has 1 aliphatic heterocycles. The molecule has 122 valence electrons. The molecule has 0 bridgehead atoms. The molecule has 6 nitrogen and oxygen atoms in total. The minimum Gasteiger partial charge on any atom is -0.493 e. The number of ether oxygens (including phenoxy) is 1. The Labute approximate surface area is 138 Å². The molecule has 0 saturated carbocycles. The van der Waals surface area contributed by atoms with Crippen LogP contribution in [0.4, 0.5) is 4.79 Å². The Morgan fingerprint density at radius 1 is 1.48 bits per heavy atom. The van der Waals surface area contributed by atoms with Crippen molar-refractivity contribution in [2.45, 2.75) is 19.0 Å². The zero-order valence-corrected chi connectivity index (χ0v) is 13.5. The molecule has 0 aliphatic carbocycles. The van der Waals surface area contributed by atoms with Crippen molar-refractivity contribution in [2.24, 2.45) is 5.92 Å². The second-order valence-electron chi connectivity index (χ2n) is 5.52. The van der Waals surface area contributed by atoms with Crippen LogP contribution >= 0.6 is 11.5 Å². The van der Waals surface area contributed by atoms with Crippen LogP contribution in [0.25, 0.3) is 0 Å². The summed E-state index contributed by atoms with van der Waals surface area (Å²) in [6, 6.07) is 8.78. The van der Waals surface area contributed by atoms with Crippen LogP contribution in [0.5, 0.6) is 5.75 Å². The Balaban J connectivity index is 1.71. The monoisotopic (exact) mass is 333 g/mol. The number of carbonyl (C=O) groups excluding carboxylic acids is 1. The minimum absolute atomic E-state index is 0.0519. The van der Waals surface area contributed by atoms with Crippen molar-refractivity contribution >= 4 is 17.6 Å². The molecule has 23 heavy (non-hydrogen) atoms. The van der Waals surface area contributed by atoms with Gasteiger partial charge in [-0.1, -0.05) is 18.2 Å². The van der Waals surface area contributed by atoms with Gasteiger partial charge < -0.3 is 20.5 Å². The predicted octanol–water partition coefficient (Wildman–Crippen LogP) is 2.25. The summed E-state index contributed by atoms with van der Waals surface area (Å²) in [5.41, 5.74) is 0.887. The first-order valence-corrected chi connectivity index (χ1v) is 8.26. The van der Waals surface area contributed by atoms with Crippen molar-refractivity contribution in [2.75, 3.05) is 13.2 Å². The van der Waals surface area contributed by atoms with Crippen LogP contribution in [0, 0.1) is 5.92 Å². The van der Waals surface area contributed by atoms with E-state index in [0.29, 0.717) is 6.61 Å². The van der Waals surface area contributed by atoms with Crippen LogP contribution in [-0.4, -0.2) is 28.7 Å². The maximum atomic E-state index is 12.3. The van der Waals surface area contributed by atoms with Gasteiger partial charge in [0.1, 0.15) is 5.75 Å². The number of fused-ring (bicyclic) bond motifs is 1. The normalized spacial score (nSPS) is 21.0. The number of aromatic nitrogens is 1. The predicted molar refractivity (Wildman–Crippen MR) is 87.5 cm³/mol.